The monoisotopic (exact) mass is 132 g/mol. The van der Waals surface area contributed by atoms with Crippen molar-refractivity contribution in [2.24, 2.45) is 0 Å². The van der Waals surface area contributed by atoms with Crippen LogP contribution in [0.25, 0.3) is 0 Å². The summed E-state index contributed by atoms with van der Waals surface area (Å²) in [4.78, 5) is 18.7. The molecule has 0 bridgehead atoms. The first-order chi connectivity index (χ1) is 4.33. The standard InChI is InChI=1S/C5H8O4/c1-2-5(8-9-5)7-4-3-6/h3H,2,4H2,1H3. The maximum atomic E-state index is 9.76. The predicted octanol–water partition coefficient (Wildman–Crippen LogP) is 0.228. The second kappa shape index (κ2) is 2.43. The van der Waals surface area contributed by atoms with Gasteiger partial charge in [-0.25, -0.2) is 0 Å². The maximum Gasteiger partial charge on any atom is 0.340 e. The molecule has 0 N–H and O–H groups in total. The van der Waals surface area contributed by atoms with Crippen LogP contribution in [-0.4, -0.2) is 18.9 Å². The zero-order valence-corrected chi connectivity index (χ0v) is 5.12. The van der Waals surface area contributed by atoms with E-state index in [-0.39, 0.29) is 6.61 Å². The Bertz CT molecular complexity index is 108. The lowest BCUT2D eigenvalue weighted by atomic mass is 10.4. The fourth-order valence-electron chi connectivity index (χ4n) is 0.475. The van der Waals surface area contributed by atoms with Crippen LogP contribution >= 0.6 is 0 Å². The van der Waals surface area contributed by atoms with E-state index >= 15 is 0 Å². The molecule has 1 aliphatic heterocycles. The molecule has 0 spiro atoms. The molecule has 4 nitrogen and oxygen atoms in total. The molecule has 0 aliphatic carbocycles. The lowest BCUT2D eigenvalue weighted by molar-refractivity contribution is -0.121. The van der Waals surface area contributed by atoms with E-state index in [2.05, 4.69) is 9.78 Å². The Labute approximate surface area is 52.6 Å². The number of hydrogen-bond donors (Lipinski definition) is 0. The Morgan fingerprint density at radius 1 is 1.67 bits per heavy atom. The molecule has 0 aromatic heterocycles. The smallest absolute Gasteiger partial charge is 0.316 e. The van der Waals surface area contributed by atoms with Crippen molar-refractivity contribution in [3.8, 4) is 0 Å². The van der Waals surface area contributed by atoms with Crippen LogP contribution < -0.4 is 0 Å². The van der Waals surface area contributed by atoms with E-state index in [4.69, 9.17) is 4.74 Å². The first kappa shape index (κ1) is 6.67. The highest BCUT2D eigenvalue weighted by atomic mass is 17.4. The average molecular weight is 132 g/mol. The fourth-order valence-corrected chi connectivity index (χ4v) is 0.475. The lowest BCUT2D eigenvalue weighted by Gasteiger charge is -1.99. The molecule has 0 unspecified atom stereocenters. The summed E-state index contributed by atoms with van der Waals surface area (Å²) >= 11 is 0. The van der Waals surface area contributed by atoms with Gasteiger partial charge in [-0.15, -0.1) is 0 Å². The van der Waals surface area contributed by atoms with Crippen molar-refractivity contribution in [1.82, 2.24) is 0 Å². The van der Waals surface area contributed by atoms with Gasteiger partial charge in [0.25, 0.3) is 0 Å². The normalized spacial score (nSPS) is 21.4. The molecule has 0 saturated carbocycles. The SMILES string of the molecule is CCC1(OCC=O)OO1. The summed E-state index contributed by atoms with van der Waals surface area (Å²) in [5.74, 6) is -0.888. The third-order valence-corrected chi connectivity index (χ3v) is 1.07. The molecular formula is C5H8O4. The van der Waals surface area contributed by atoms with Crippen LogP contribution in [0.3, 0.4) is 0 Å². The van der Waals surface area contributed by atoms with E-state index in [9.17, 15) is 4.79 Å². The minimum Gasteiger partial charge on any atom is -0.316 e. The predicted molar refractivity (Wildman–Crippen MR) is 27.2 cm³/mol. The van der Waals surface area contributed by atoms with Gasteiger partial charge in [-0.2, -0.15) is 9.78 Å². The number of carbonyl (C=O) groups excluding carboxylic acids is 1. The number of aldehydes is 1. The summed E-state index contributed by atoms with van der Waals surface area (Å²) in [6.07, 6.45) is 1.25. The summed E-state index contributed by atoms with van der Waals surface area (Å²) in [5.41, 5.74) is 0. The number of rotatable bonds is 4. The Morgan fingerprint density at radius 2 is 2.33 bits per heavy atom. The summed E-state index contributed by atoms with van der Waals surface area (Å²) in [6.45, 7) is 1.87. The Hall–Kier alpha value is -0.450. The molecule has 1 aliphatic rings. The zero-order chi connectivity index (χ0) is 6.74. The van der Waals surface area contributed by atoms with E-state index in [0.717, 1.165) is 0 Å². The van der Waals surface area contributed by atoms with Crippen LogP contribution in [0.5, 0.6) is 0 Å². The van der Waals surface area contributed by atoms with E-state index in [0.29, 0.717) is 12.7 Å². The molecule has 9 heavy (non-hydrogen) atoms. The van der Waals surface area contributed by atoms with Crippen molar-refractivity contribution in [3.63, 3.8) is 0 Å². The molecule has 4 heteroatoms. The third kappa shape index (κ3) is 1.48. The molecule has 52 valence electrons. The second-order valence-electron chi connectivity index (χ2n) is 1.68. The molecule has 0 atom stereocenters. The number of carbonyl (C=O) groups is 1. The van der Waals surface area contributed by atoms with E-state index in [1.165, 1.54) is 0 Å². The van der Waals surface area contributed by atoms with Gasteiger partial charge >= 0.3 is 5.97 Å². The van der Waals surface area contributed by atoms with Crippen molar-refractivity contribution < 1.29 is 19.3 Å². The van der Waals surface area contributed by atoms with Gasteiger partial charge in [-0.3, -0.25) is 0 Å². The molecule has 1 saturated heterocycles. The quantitative estimate of drug-likeness (QED) is 0.312. The Kier molecular flexibility index (Phi) is 1.80. The van der Waals surface area contributed by atoms with Gasteiger partial charge < -0.3 is 9.53 Å². The summed E-state index contributed by atoms with van der Waals surface area (Å²) in [5, 5.41) is 0. The molecule has 0 aromatic rings. The largest absolute Gasteiger partial charge is 0.340 e. The van der Waals surface area contributed by atoms with Crippen LogP contribution in [0.15, 0.2) is 0 Å². The van der Waals surface area contributed by atoms with Gasteiger partial charge in [0.2, 0.25) is 0 Å². The highest BCUT2D eigenvalue weighted by molar-refractivity contribution is 5.50. The number of ether oxygens (including phenoxy) is 1. The van der Waals surface area contributed by atoms with Crippen LogP contribution in [0, 0.1) is 0 Å². The first-order valence-electron chi connectivity index (χ1n) is 2.77. The molecule has 1 fully saturated rings. The molecule has 0 amide bonds. The highest BCUT2D eigenvalue weighted by Crippen LogP contribution is 2.33. The summed E-state index contributed by atoms with van der Waals surface area (Å²) < 4.78 is 4.83. The minimum absolute atomic E-state index is 0.0217. The Balaban J connectivity index is 2.17. The van der Waals surface area contributed by atoms with Crippen LogP contribution in [-0.2, 0) is 19.3 Å². The molecule has 1 rings (SSSR count). The first-order valence-corrected chi connectivity index (χ1v) is 2.77. The van der Waals surface area contributed by atoms with Gasteiger partial charge in [0.1, 0.15) is 12.9 Å². The van der Waals surface area contributed by atoms with Crippen molar-refractivity contribution in [1.29, 1.82) is 0 Å². The second-order valence-corrected chi connectivity index (χ2v) is 1.68. The van der Waals surface area contributed by atoms with Crippen LogP contribution in [0.1, 0.15) is 13.3 Å². The van der Waals surface area contributed by atoms with E-state index in [1.807, 2.05) is 6.92 Å². The van der Waals surface area contributed by atoms with Crippen LogP contribution in [0.2, 0.25) is 0 Å². The van der Waals surface area contributed by atoms with Crippen molar-refractivity contribution >= 4 is 6.29 Å². The van der Waals surface area contributed by atoms with Crippen molar-refractivity contribution in [2.45, 2.75) is 19.3 Å². The lowest BCUT2D eigenvalue weighted by Crippen LogP contribution is -2.15. The van der Waals surface area contributed by atoms with Gasteiger partial charge in [0.05, 0.1) is 0 Å². The zero-order valence-electron chi connectivity index (χ0n) is 5.12. The average Bonchev–Trinajstić information content (AvgIpc) is 2.65. The molecule has 1 heterocycles. The fraction of sp³-hybridized carbons (Fsp3) is 0.800. The highest BCUT2D eigenvalue weighted by Gasteiger charge is 2.48. The van der Waals surface area contributed by atoms with Crippen LogP contribution in [0.4, 0.5) is 0 Å². The Morgan fingerprint density at radius 3 is 2.67 bits per heavy atom. The van der Waals surface area contributed by atoms with Gasteiger partial charge in [0, 0.05) is 6.42 Å². The minimum atomic E-state index is -0.888. The summed E-state index contributed by atoms with van der Waals surface area (Å²) in [7, 11) is 0. The third-order valence-electron chi connectivity index (χ3n) is 1.07. The maximum absolute atomic E-state index is 9.76. The van der Waals surface area contributed by atoms with E-state index < -0.39 is 5.97 Å². The molecule has 0 radical (unpaired) electrons. The van der Waals surface area contributed by atoms with Gasteiger partial charge in [-0.1, -0.05) is 6.92 Å². The van der Waals surface area contributed by atoms with Gasteiger partial charge in [-0.05, 0) is 0 Å². The topological polar surface area (TPSA) is 51.4 Å². The van der Waals surface area contributed by atoms with Gasteiger partial charge in [0.15, 0.2) is 0 Å². The van der Waals surface area contributed by atoms with Crippen molar-refractivity contribution in [2.75, 3.05) is 6.61 Å². The summed E-state index contributed by atoms with van der Waals surface area (Å²) in [6, 6.07) is 0. The molecular weight excluding hydrogens is 124 g/mol. The number of hydrogen-bond acceptors (Lipinski definition) is 4. The molecule has 0 aromatic carbocycles. The van der Waals surface area contributed by atoms with E-state index in [1.54, 1.807) is 0 Å². The van der Waals surface area contributed by atoms with Crippen molar-refractivity contribution in [3.05, 3.63) is 0 Å².